The van der Waals surface area contributed by atoms with Crippen LogP contribution in [-0.2, 0) is 12.1 Å². The number of benzene rings is 3. The van der Waals surface area contributed by atoms with Crippen molar-refractivity contribution in [2.24, 2.45) is 5.92 Å². The summed E-state index contributed by atoms with van der Waals surface area (Å²) in [6, 6.07) is 19.3. The van der Waals surface area contributed by atoms with Gasteiger partial charge < -0.3 is 9.47 Å². The summed E-state index contributed by atoms with van der Waals surface area (Å²) >= 11 is 0. The molecule has 1 atom stereocenters. The number of hydrogen-bond donors (Lipinski definition) is 0. The summed E-state index contributed by atoms with van der Waals surface area (Å²) in [5.74, 6) is 1.88. The van der Waals surface area contributed by atoms with Crippen LogP contribution < -0.4 is 0 Å². The minimum Gasteiger partial charge on any atom is -0.326 e. The van der Waals surface area contributed by atoms with E-state index in [0.29, 0.717) is 0 Å². The van der Waals surface area contributed by atoms with Crippen LogP contribution in [0.25, 0.3) is 22.2 Å². The average molecular weight is 492 g/mol. The quantitative estimate of drug-likeness (QED) is 0.290. The van der Waals surface area contributed by atoms with Crippen molar-refractivity contribution in [3.8, 4) is 11.1 Å². The molecule has 0 radical (unpaired) electrons. The van der Waals surface area contributed by atoms with Gasteiger partial charge in [0.25, 0.3) is 5.91 Å². The Hall–Kier alpha value is -3.40. The van der Waals surface area contributed by atoms with Gasteiger partial charge in [0.1, 0.15) is 5.82 Å². The lowest BCUT2D eigenvalue weighted by Crippen LogP contribution is -2.45. The molecule has 2 heterocycles. The van der Waals surface area contributed by atoms with Gasteiger partial charge in [0.15, 0.2) is 0 Å². The number of fused-ring (bicyclic) bond motifs is 1. The molecule has 4 nitrogen and oxygen atoms in total. The first kappa shape index (κ1) is 24.0. The molecule has 1 saturated heterocycles. The predicted molar refractivity (Wildman–Crippen MR) is 151 cm³/mol. The van der Waals surface area contributed by atoms with Gasteiger partial charge in [-0.2, -0.15) is 0 Å². The van der Waals surface area contributed by atoms with Crippen LogP contribution in [0.4, 0.5) is 0 Å². The Morgan fingerprint density at radius 3 is 2.49 bits per heavy atom. The van der Waals surface area contributed by atoms with Crippen molar-refractivity contribution in [3.05, 3.63) is 88.2 Å². The average Bonchev–Trinajstić information content (AvgIpc) is 3.51. The maximum Gasteiger partial charge on any atom is 0.255 e. The van der Waals surface area contributed by atoms with E-state index in [9.17, 15) is 4.79 Å². The third kappa shape index (κ3) is 4.17. The Morgan fingerprint density at radius 2 is 1.73 bits per heavy atom. The van der Waals surface area contributed by atoms with Crippen LogP contribution in [0.1, 0.15) is 71.0 Å². The number of aryl methyl sites for hydroxylation is 4. The van der Waals surface area contributed by atoms with Crippen LogP contribution >= 0.6 is 0 Å². The SMILES string of the molecule is Cc1cccc(-c2ccc(C)cc2C(=O)N2CCCC2(C)c2nc3cc(C)c(C)cc3n2CC2CC2)c1. The Labute approximate surface area is 220 Å². The summed E-state index contributed by atoms with van der Waals surface area (Å²) in [4.78, 5) is 21.8. The normalized spacial score (nSPS) is 19.6. The molecule has 0 bridgehead atoms. The topological polar surface area (TPSA) is 38.1 Å². The molecule has 0 spiro atoms. The van der Waals surface area contributed by atoms with Crippen molar-refractivity contribution in [1.82, 2.24) is 14.5 Å². The fraction of sp³-hybridized carbons (Fsp3) is 0.394. The number of rotatable bonds is 5. The molecule has 1 aliphatic carbocycles. The summed E-state index contributed by atoms with van der Waals surface area (Å²) in [6.07, 6.45) is 4.48. The molecule has 0 N–H and O–H groups in total. The molecule has 2 fully saturated rings. The highest BCUT2D eigenvalue weighted by Crippen LogP contribution is 2.43. The molecule has 1 aliphatic heterocycles. The Morgan fingerprint density at radius 1 is 0.973 bits per heavy atom. The van der Waals surface area contributed by atoms with Gasteiger partial charge in [-0.25, -0.2) is 4.98 Å². The smallest absolute Gasteiger partial charge is 0.255 e. The zero-order valence-electron chi connectivity index (χ0n) is 22.8. The van der Waals surface area contributed by atoms with Gasteiger partial charge in [0, 0.05) is 18.7 Å². The predicted octanol–water partition coefficient (Wildman–Crippen LogP) is 7.50. The number of aromatic nitrogens is 2. The van der Waals surface area contributed by atoms with E-state index in [1.165, 1.54) is 35.0 Å². The third-order valence-electron chi connectivity index (χ3n) is 8.60. The molecule has 3 aromatic carbocycles. The standard InChI is InChI=1S/C33H37N3O/c1-21-8-6-9-26(16-21)27-13-10-22(2)17-28(27)31(37)36-15-7-14-33(36,5)32-34-29-18-23(3)24(4)19-30(29)35(32)20-25-11-12-25/h6,8-10,13,16-19,25H,7,11-12,14-15,20H2,1-5H3. The lowest BCUT2D eigenvalue weighted by molar-refractivity contribution is 0.0598. The van der Waals surface area contributed by atoms with E-state index < -0.39 is 5.54 Å². The van der Waals surface area contributed by atoms with Crippen LogP contribution in [0, 0.1) is 33.6 Å². The Bertz CT molecular complexity index is 1530. The highest BCUT2D eigenvalue weighted by atomic mass is 16.2. The first-order valence-corrected chi connectivity index (χ1v) is 13.7. The maximum absolute atomic E-state index is 14.4. The number of nitrogens with zero attached hydrogens (tertiary/aromatic N) is 3. The Balaban J connectivity index is 1.47. The molecule has 1 unspecified atom stereocenters. The van der Waals surface area contributed by atoms with Crippen molar-refractivity contribution in [3.63, 3.8) is 0 Å². The van der Waals surface area contributed by atoms with Gasteiger partial charge in [-0.05, 0) is 107 Å². The van der Waals surface area contributed by atoms with Crippen molar-refractivity contribution >= 4 is 16.9 Å². The van der Waals surface area contributed by atoms with Crippen molar-refractivity contribution in [1.29, 1.82) is 0 Å². The number of carbonyl (C=O) groups excluding carboxylic acids is 1. The second-order valence-corrected chi connectivity index (χ2v) is 11.7. The summed E-state index contributed by atoms with van der Waals surface area (Å²) in [6.45, 7) is 12.5. The highest BCUT2D eigenvalue weighted by molar-refractivity contribution is 6.01. The fourth-order valence-corrected chi connectivity index (χ4v) is 6.10. The van der Waals surface area contributed by atoms with Crippen LogP contribution in [0.15, 0.2) is 54.6 Å². The maximum atomic E-state index is 14.4. The van der Waals surface area contributed by atoms with Gasteiger partial charge in [-0.15, -0.1) is 0 Å². The lowest BCUT2D eigenvalue weighted by atomic mass is 9.93. The highest BCUT2D eigenvalue weighted by Gasteiger charge is 2.45. The van der Waals surface area contributed by atoms with Crippen LogP contribution in [-0.4, -0.2) is 26.9 Å². The number of imidazole rings is 1. The summed E-state index contributed by atoms with van der Waals surface area (Å²) in [5, 5.41) is 0. The number of hydrogen-bond acceptors (Lipinski definition) is 2. The molecule has 1 aromatic heterocycles. The molecule has 4 heteroatoms. The van der Waals surface area contributed by atoms with Gasteiger partial charge in [-0.1, -0.05) is 47.5 Å². The molecule has 190 valence electrons. The zero-order chi connectivity index (χ0) is 25.9. The molecule has 2 aliphatic rings. The van der Waals surface area contributed by atoms with E-state index in [1.54, 1.807) is 0 Å². The van der Waals surface area contributed by atoms with E-state index in [2.05, 4.69) is 98.7 Å². The lowest BCUT2D eigenvalue weighted by Gasteiger charge is -2.36. The minimum atomic E-state index is -0.444. The van der Waals surface area contributed by atoms with Crippen LogP contribution in [0.2, 0.25) is 0 Å². The molecule has 4 aromatic rings. The largest absolute Gasteiger partial charge is 0.326 e. The molecule has 1 amide bonds. The van der Waals surface area contributed by atoms with Gasteiger partial charge in [0.05, 0.1) is 16.6 Å². The number of carbonyl (C=O) groups is 1. The van der Waals surface area contributed by atoms with Crippen molar-refractivity contribution in [2.75, 3.05) is 6.54 Å². The van der Waals surface area contributed by atoms with Gasteiger partial charge in [0.2, 0.25) is 0 Å². The zero-order valence-corrected chi connectivity index (χ0v) is 22.8. The van der Waals surface area contributed by atoms with E-state index in [0.717, 1.165) is 65.4 Å². The molecule has 1 saturated carbocycles. The van der Waals surface area contributed by atoms with Crippen molar-refractivity contribution < 1.29 is 4.79 Å². The number of likely N-dealkylation sites (tertiary alicyclic amines) is 1. The van der Waals surface area contributed by atoms with Crippen molar-refractivity contribution in [2.45, 2.75) is 72.4 Å². The Kier molecular flexibility index (Phi) is 5.74. The van der Waals surface area contributed by atoms with E-state index in [-0.39, 0.29) is 5.91 Å². The summed E-state index contributed by atoms with van der Waals surface area (Å²) in [5.41, 5.74) is 9.56. The minimum absolute atomic E-state index is 0.109. The van der Waals surface area contributed by atoms with E-state index in [4.69, 9.17) is 4.98 Å². The van der Waals surface area contributed by atoms with E-state index >= 15 is 0 Å². The van der Waals surface area contributed by atoms with Gasteiger partial charge >= 0.3 is 0 Å². The molecule has 6 rings (SSSR count). The fourth-order valence-electron chi connectivity index (χ4n) is 6.10. The van der Waals surface area contributed by atoms with Crippen LogP contribution in [0.3, 0.4) is 0 Å². The molecular weight excluding hydrogens is 454 g/mol. The first-order valence-electron chi connectivity index (χ1n) is 13.7. The second kappa shape index (κ2) is 8.86. The van der Waals surface area contributed by atoms with E-state index in [1.807, 2.05) is 0 Å². The molecular formula is C33H37N3O. The first-order chi connectivity index (χ1) is 17.7. The molecule has 37 heavy (non-hydrogen) atoms. The number of amides is 1. The second-order valence-electron chi connectivity index (χ2n) is 11.7. The van der Waals surface area contributed by atoms with Crippen LogP contribution in [0.5, 0.6) is 0 Å². The van der Waals surface area contributed by atoms with Gasteiger partial charge in [-0.3, -0.25) is 4.79 Å². The summed E-state index contributed by atoms with van der Waals surface area (Å²) < 4.78 is 2.45. The monoisotopic (exact) mass is 491 g/mol. The summed E-state index contributed by atoms with van der Waals surface area (Å²) in [7, 11) is 0. The third-order valence-corrected chi connectivity index (χ3v) is 8.60.